The maximum Gasteiger partial charge on any atom is 0.243 e. The van der Waals surface area contributed by atoms with E-state index in [-0.39, 0.29) is 0 Å². The van der Waals surface area contributed by atoms with E-state index in [1.165, 1.54) is 4.31 Å². The van der Waals surface area contributed by atoms with Crippen LogP contribution in [0.4, 0.5) is 4.39 Å². The molecule has 3 rings (SSSR count). The summed E-state index contributed by atoms with van der Waals surface area (Å²) in [4.78, 5) is 2.31. The van der Waals surface area contributed by atoms with Gasteiger partial charge in [0.1, 0.15) is 5.67 Å². The van der Waals surface area contributed by atoms with Crippen LogP contribution in [0.2, 0.25) is 0 Å². The number of likely N-dealkylation sites (tertiary alicyclic amines) is 1. The number of benzene rings is 1. The molecule has 7 heteroatoms. The molecule has 0 saturated carbocycles. The first-order valence-electron chi connectivity index (χ1n) is 8.01. The van der Waals surface area contributed by atoms with E-state index in [0.717, 1.165) is 5.56 Å². The Labute approximate surface area is 137 Å². The molecular weight excluding hydrogens is 319 g/mol. The van der Waals surface area contributed by atoms with Gasteiger partial charge in [0.05, 0.1) is 18.1 Å². The number of ether oxygens (including phenoxy) is 1. The molecule has 0 atom stereocenters. The number of rotatable bonds is 5. The highest BCUT2D eigenvalue weighted by Gasteiger charge is 2.41. The van der Waals surface area contributed by atoms with Crippen molar-refractivity contribution in [3.05, 3.63) is 29.8 Å². The molecule has 2 saturated heterocycles. The van der Waals surface area contributed by atoms with Gasteiger partial charge in [-0.2, -0.15) is 4.31 Å². The van der Waals surface area contributed by atoms with Gasteiger partial charge >= 0.3 is 0 Å². The topological polar surface area (TPSA) is 49.9 Å². The van der Waals surface area contributed by atoms with Crippen molar-refractivity contribution in [3.8, 4) is 0 Å². The number of morpholine rings is 1. The molecule has 0 aromatic heterocycles. The lowest BCUT2D eigenvalue weighted by Crippen LogP contribution is -2.57. The van der Waals surface area contributed by atoms with Crippen LogP contribution in [0.5, 0.6) is 0 Å². The van der Waals surface area contributed by atoms with Crippen LogP contribution in [0.15, 0.2) is 29.2 Å². The van der Waals surface area contributed by atoms with Crippen molar-refractivity contribution in [1.82, 2.24) is 9.21 Å². The number of sulfonamides is 1. The summed E-state index contributed by atoms with van der Waals surface area (Å²) in [6.45, 7) is 4.92. The summed E-state index contributed by atoms with van der Waals surface area (Å²) in [5, 5.41) is 0. The third kappa shape index (κ3) is 3.57. The molecule has 2 aliphatic rings. The highest BCUT2D eigenvalue weighted by atomic mass is 32.2. The van der Waals surface area contributed by atoms with Crippen molar-refractivity contribution < 1.29 is 17.5 Å². The Morgan fingerprint density at radius 3 is 2.61 bits per heavy atom. The summed E-state index contributed by atoms with van der Waals surface area (Å²) < 4.78 is 45.9. The molecule has 128 valence electrons. The summed E-state index contributed by atoms with van der Waals surface area (Å²) in [6.07, 6.45) is 0.523. The fourth-order valence-electron chi connectivity index (χ4n) is 3.09. The second kappa shape index (κ2) is 6.47. The van der Waals surface area contributed by atoms with Crippen LogP contribution in [0.1, 0.15) is 18.9 Å². The zero-order chi connectivity index (χ0) is 16.5. The molecule has 23 heavy (non-hydrogen) atoms. The number of nitrogens with zero attached hydrogens (tertiary/aromatic N) is 2. The Morgan fingerprint density at radius 2 is 1.96 bits per heavy atom. The largest absolute Gasteiger partial charge is 0.379 e. The maximum atomic E-state index is 13.9. The fraction of sp³-hybridized carbons (Fsp3) is 0.625. The molecule has 0 bridgehead atoms. The van der Waals surface area contributed by atoms with E-state index in [0.29, 0.717) is 57.3 Å². The van der Waals surface area contributed by atoms with Gasteiger partial charge in [-0.1, -0.05) is 19.1 Å². The van der Waals surface area contributed by atoms with Gasteiger partial charge in [0.25, 0.3) is 0 Å². The van der Waals surface area contributed by atoms with Crippen LogP contribution in [-0.2, 0) is 21.3 Å². The summed E-state index contributed by atoms with van der Waals surface area (Å²) in [7, 11) is -3.48. The highest BCUT2D eigenvalue weighted by molar-refractivity contribution is 7.89. The summed E-state index contributed by atoms with van der Waals surface area (Å²) in [5.74, 6) is 0. The average Bonchev–Trinajstić information content (AvgIpc) is 2.54. The molecule has 2 heterocycles. The number of hydrogen-bond acceptors (Lipinski definition) is 4. The molecule has 5 nitrogen and oxygen atoms in total. The first-order valence-corrected chi connectivity index (χ1v) is 9.45. The van der Waals surface area contributed by atoms with Crippen LogP contribution in [-0.4, -0.2) is 62.7 Å². The van der Waals surface area contributed by atoms with E-state index >= 15 is 0 Å². The zero-order valence-electron chi connectivity index (χ0n) is 13.4. The standard InChI is InChI=1S/C16H23FN2O3S/c1-2-16(17)12-18(13-16)11-14-4-3-5-15(10-14)23(20,21)19-6-8-22-9-7-19/h3-5,10H,2,6-9,11-13H2,1H3. The smallest absolute Gasteiger partial charge is 0.243 e. The van der Waals surface area contributed by atoms with Crippen molar-refractivity contribution in [2.24, 2.45) is 0 Å². The van der Waals surface area contributed by atoms with E-state index < -0.39 is 15.7 Å². The van der Waals surface area contributed by atoms with Crippen molar-refractivity contribution in [3.63, 3.8) is 0 Å². The molecule has 0 spiro atoms. The Kier molecular flexibility index (Phi) is 4.73. The van der Waals surface area contributed by atoms with E-state index in [1.54, 1.807) is 18.2 Å². The van der Waals surface area contributed by atoms with Crippen molar-refractivity contribution in [2.75, 3.05) is 39.4 Å². The third-order valence-electron chi connectivity index (χ3n) is 4.56. The molecule has 2 aliphatic heterocycles. The minimum atomic E-state index is -3.48. The molecule has 0 unspecified atom stereocenters. The summed E-state index contributed by atoms with van der Waals surface area (Å²) >= 11 is 0. The summed E-state index contributed by atoms with van der Waals surface area (Å²) in [5.41, 5.74) is -0.171. The van der Waals surface area contributed by atoms with Gasteiger partial charge < -0.3 is 4.74 Å². The molecular formula is C16H23FN2O3S. The second-order valence-corrected chi connectivity index (χ2v) is 8.25. The van der Waals surface area contributed by atoms with Crippen molar-refractivity contribution >= 4 is 10.0 Å². The van der Waals surface area contributed by atoms with Crippen LogP contribution >= 0.6 is 0 Å². The van der Waals surface area contributed by atoms with Gasteiger partial charge in [-0.15, -0.1) is 0 Å². The molecule has 0 radical (unpaired) electrons. The minimum Gasteiger partial charge on any atom is -0.379 e. The Hall–Kier alpha value is -1.02. The van der Waals surface area contributed by atoms with Gasteiger partial charge in [0, 0.05) is 32.7 Å². The van der Waals surface area contributed by atoms with Gasteiger partial charge in [0.15, 0.2) is 0 Å². The normalized spacial score (nSPS) is 22.7. The lowest BCUT2D eigenvalue weighted by molar-refractivity contribution is -0.0394. The molecule has 1 aromatic rings. The van der Waals surface area contributed by atoms with Gasteiger partial charge in [0.2, 0.25) is 10.0 Å². The molecule has 1 aromatic carbocycles. The molecule has 0 amide bonds. The zero-order valence-corrected chi connectivity index (χ0v) is 14.2. The monoisotopic (exact) mass is 342 g/mol. The van der Waals surface area contributed by atoms with E-state index in [4.69, 9.17) is 4.74 Å². The van der Waals surface area contributed by atoms with Gasteiger partial charge in [-0.3, -0.25) is 4.90 Å². The lowest BCUT2D eigenvalue weighted by atomic mass is 9.93. The number of alkyl halides is 1. The average molecular weight is 342 g/mol. The molecule has 0 N–H and O–H groups in total. The SMILES string of the molecule is CCC1(F)CN(Cc2cccc(S(=O)(=O)N3CCOCC3)c2)C1. The molecule has 2 fully saturated rings. The van der Waals surface area contributed by atoms with Crippen molar-refractivity contribution in [1.29, 1.82) is 0 Å². The lowest BCUT2D eigenvalue weighted by Gasteiger charge is -2.44. The predicted octanol–water partition coefficient (Wildman–Crippen LogP) is 1.64. The van der Waals surface area contributed by atoms with Crippen LogP contribution in [0.25, 0.3) is 0 Å². The quantitative estimate of drug-likeness (QED) is 0.816. The Balaban J connectivity index is 1.70. The van der Waals surface area contributed by atoms with Gasteiger partial charge in [-0.05, 0) is 24.1 Å². The van der Waals surface area contributed by atoms with Crippen molar-refractivity contribution in [2.45, 2.75) is 30.5 Å². The minimum absolute atomic E-state index is 0.305. The summed E-state index contributed by atoms with van der Waals surface area (Å²) in [6, 6.07) is 6.97. The fourth-order valence-corrected chi connectivity index (χ4v) is 4.57. The molecule has 0 aliphatic carbocycles. The van der Waals surface area contributed by atoms with Crippen LogP contribution in [0.3, 0.4) is 0 Å². The first-order chi connectivity index (χ1) is 10.9. The van der Waals surface area contributed by atoms with E-state index in [9.17, 15) is 12.8 Å². The van der Waals surface area contributed by atoms with Gasteiger partial charge in [-0.25, -0.2) is 12.8 Å². The van der Waals surface area contributed by atoms with Crippen LogP contribution < -0.4 is 0 Å². The Bertz CT molecular complexity index is 653. The maximum absolute atomic E-state index is 13.9. The third-order valence-corrected chi connectivity index (χ3v) is 6.45. The highest BCUT2D eigenvalue weighted by Crippen LogP contribution is 2.30. The number of halogens is 1. The number of hydrogen-bond donors (Lipinski definition) is 0. The van der Waals surface area contributed by atoms with E-state index in [1.807, 2.05) is 17.9 Å². The Morgan fingerprint density at radius 1 is 1.26 bits per heavy atom. The first kappa shape index (κ1) is 16.8. The second-order valence-electron chi connectivity index (χ2n) is 6.31. The van der Waals surface area contributed by atoms with E-state index in [2.05, 4.69) is 0 Å². The van der Waals surface area contributed by atoms with Crippen LogP contribution in [0, 0.1) is 0 Å². The predicted molar refractivity (Wildman–Crippen MR) is 85.4 cm³/mol.